The van der Waals surface area contributed by atoms with Gasteiger partial charge in [-0.2, -0.15) is 0 Å². The molecule has 0 fully saturated rings. The number of nitro benzene ring substituents is 1. The summed E-state index contributed by atoms with van der Waals surface area (Å²) in [4.78, 5) is 22.8. The number of nitrogens with zero attached hydrogens (tertiary/aromatic N) is 1. The third-order valence-corrected chi connectivity index (χ3v) is 4.53. The third-order valence-electron chi connectivity index (χ3n) is 4.53. The van der Waals surface area contributed by atoms with Crippen LogP contribution in [0.4, 0.5) is 5.69 Å². The van der Waals surface area contributed by atoms with Gasteiger partial charge in [-0.3, -0.25) is 14.9 Å². The monoisotopic (exact) mass is 419 g/mol. The Hall–Kier alpha value is -4.13. The van der Waals surface area contributed by atoms with Crippen molar-refractivity contribution in [2.75, 3.05) is 14.2 Å². The van der Waals surface area contributed by atoms with Crippen molar-refractivity contribution in [2.24, 2.45) is 0 Å². The molecule has 0 saturated heterocycles. The zero-order valence-corrected chi connectivity index (χ0v) is 17.1. The van der Waals surface area contributed by atoms with Crippen molar-refractivity contribution in [1.29, 1.82) is 0 Å². The zero-order chi connectivity index (χ0) is 22.2. The predicted octanol–water partition coefficient (Wildman–Crippen LogP) is 5.09. The first-order chi connectivity index (χ1) is 15.0. The summed E-state index contributed by atoms with van der Waals surface area (Å²) < 4.78 is 16.4. The fraction of sp³-hybridized carbons (Fsp3) is 0.125. The normalized spacial score (nSPS) is 10.6. The number of rotatable bonds is 9. The Morgan fingerprint density at radius 1 is 0.935 bits per heavy atom. The van der Waals surface area contributed by atoms with E-state index in [-0.39, 0.29) is 18.1 Å². The largest absolute Gasteiger partial charge is 0.496 e. The van der Waals surface area contributed by atoms with Gasteiger partial charge in [-0.15, -0.1) is 0 Å². The molecule has 7 heteroatoms. The number of non-ortho nitro benzene ring substituents is 1. The summed E-state index contributed by atoms with van der Waals surface area (Å²) in [5, 5.41) is 10.7. The predicted molar refractivity (Wildman–Crippen MR) is 117 cm³/mol. The van der Waals surface area contributed by atoms with Gasteiger partial charge in [0.05, 0.1) is 24.7 Å². The number of allylic oxidation sites excluding steroid dienone is 1. The van der Waals surface area contributed by atoms with Gasteiger partial charge in [0.15, 0.2) is 17.3 Å². The lowest BCUT2D eigenvalue weighted by molar-refractivity contribution is -0.384. The molecule has 7 nitrogen and oxygen atoms in total. The van der Waals surface area contributed by atoms with E-state index in [2.05, 4.69) is 0 Å². The molecule has 3 aromatic carbocycles. The average molecular weight is 419 g/mol. The second-order valence-corrected chi connectivity index (χ2v) is 6.52. The van der Waals surface area contributed by atoms with Crippen LogP contribution in [-0.4, -0.2) is 24.9 Å². The molecule has 0 aromatic heterocycles. The number of ether oxygens (including phenoxy) is 3. The van der Waals surface area contributed by atoms with Gasteiger partial charge < -0.3 is 14.2 Å². The molecule has 0 unspecified atom stereocenters. The molecule has 0 atom stereocenters. The van der Waals surface area contributed by atoms with Gasteiger partial charge in [0.1, 0.15) is 12.4 Å². The lowest BCUT2D eigenvalue weighted by Crippen LogP contribution is -1.99. The van der Waals surface area contributed by atoms with Crippen molar-refractivity contribution in [3.63, 3.8) is 0 Å². The van der Waals surface area contributed by atoms with E-state index in [1.165, 1.54) is 32.4 Å². The van der Waals surface area contributed by atoms with Crippen LogP contribution < -0.4 is 14.2 Å². The van der Waals surface area contributed by atoms with Crippen molar-refractivity contribution in [1.82, 2.24) is 0 Å². The Morgan fingerprint density at radius 3 is 2.32 bits per heavy atom. The lowest BCUT2D eigenvalue weighted by atomic mass is 10.1. The highest BCUT2D eigenvalue weighted by molar-refractivity contribution is 6.08. The molecule has 3 rings (SSSR count). The first-order valence-electron chi connectivity index (χ1n) is 9.41. The molecule has 31 heavy (non-hydrogen) atoms. The van der Waals surface area contributed by atoms with Crippen LogP contribution in [0, 0.1) is 10.1 Å². The van der Waals surface area contributed by atoms with Crippen LogP contribution in [-0.2, 0) is 6.61 Å². The van der Waals surface area contributed by atoms with Crippen LogP contribution in [0.25, 0.3) is 6.08 Å². The molecule has 0 bridgehead atoms. The van der Waals surface area contributed by atoms with E-state index < -0.39 is 4.92 Å². The summed E-state index contributed by atoms with van der Waals surface area (Å²) >= 11 is 0. The average Bonchev–Trinajstić information content (AvgIpc) is 2.81. The van der Waals surface area contributed by atoms with Gasteiger partial charge in [0.2, 0.25) is 0 Å². The summed E-state index contributed by atoms with van der Waals surface area (Å²) in [5.74, 6) is 1.38. The topological polar surface area (TPSA) is 87.9 Å². The number of carbonyl (C=O) groups is 1. The van der Waals surface area contributed by atoms with Crippen LogP contribution >= 0.6 is 0 Å². The number of para-hydroxylation sites is 1. The molecule has 0 radical (unpaired) electrons. The summed E-state index contributed by atoms with van der Waals surface area (Å²) in [6.07, 6.45) is 3.17. The molecule has 0 spiro atoms. The quantitative estimate of drug-likeness (QED) is 0.208. The summed E-state index contributed by atoms with van der Waals surface area (Å²) in [7, 11) is 3.05. The second-order valence-electron chi connectivity index (χ2n) is 6.52. The van der Waals surface area contributed by atoms with Gasteiger partial charge in [-0.05, 0) is 53.6 Å². The molecule has 0 saturated carbocycles. The van der Waals surface area contributed by atoms with Crippen LogP contribution in [0.15, 0.2) is 72.8 Å². The Labute approximate surface area is 179 Å². The molecule has 3 aromatic rings. The number of methoxy groups -OCH3 is 2. The molecule has 0 aliphatic carbocycles. The van der Waals surface area contributed by atoms with Gasteiger partial charge in [0.25, 0.3) is 5.69 Å². The van der Waals surface area contributed by atoms with E-state index in [0.717, 1.165) is 11.1 Å². The summed E-state index contributed by atoms with van der Waals surface area (Å²) in [5.41, 5.74) is 2.07. The number of hydrogen-bond acceptors (Lipinski definition) is 6. The molecule has 0 aliphatic rings. The van der Waals surface area contributed by atoms with Gasteiger partial charge in [0, 0.05) is 12.1 Å². The van der Waals surface area contributed by atoms with E-state index >= 15 is 0 Å². The van der Waals surface area contributed by atoms with Crippen LogP contribution in [0.5, 0.6) is 17.2 Å². The van der Waals surface area contributed by atoms with Crippen LogP contribution in [0.3, 0.4) is 0 Å². The fourth-order valence-electron chi connectivity index (χ4n) is 2.89. The first-order valence-corrected chi connectivity index (χ1v) is 9.41. The number of hydrogen-bond donors (Lipinski definition) is 0. The maximum absolute atomic E-state index is 12.5. The molecule has 0 aliphatic heterocycles. The van der Waals surface area contributed by atoms with Crippen molar-refractivity contribution >= 4 is 17.5 Å². The fourth-order valence-corrected chi connectivity index (χ4v) is 2.89. The molecule has 0 heterocycles. The molecular formula is C24H21NO6. The highest BCUT2D eigenvalue weighted by Crippen LogP contribution is 2.29. The van der Waals surface area contributed by atoms with Gasteiger partial charge >= 0.3 is 0 Å². The minimum atomic E-state index is -0.446. The third kappa shape index (κ3) is 5.48. The number of benzene rings is 3. The molecule has 158 valence electrons. The summed E-state index contributed by atoms with van der Waals surface area (Å²) in [6, 6.07) is 18.5. The van der Waals surface area contributed by atoms with E-state index in [1.54, 1.807) is 60.7 Å². The summed E-state index contributed by atoms with van der Waals surface area (Å²) in [6.45, 7) is 0.232. The second kappa shape index (κ2) is 10.1. The first kappa shape index (κ1) is 21.6. The number of ketones is 1. The molecular weight excluding hydrogens is 398 g/mol. The number of nitro groups is 1. The molecule has 0 amide bonds. The highest BCUT2D eigenvalue weighted by Gasteiger charge is 2.10. The zero-order valence-electron chi connectivity index (χ0n) is 17.1. The van der Waals surface area contributed by atoms with Crippen molar-refractivity contribution in [3.8, 4) is 17.2 Å². The van der Waals surface area contributed by atoms with E-state index in [4.69, 9.17) is 14.2 Å². The Balaban J connectivity index is 1.70. The Bertz CT molecular complexity index is 1110. The maximum atomic E-state index is 12.5. The molecule has 0 N–H and O–H groups in total. The number of carbonyl (C=O) groups excluding carboxylic acids is 1. The minimum Gasteiger partial charge on any atom is -0.496 e. The van der Waals surface area contributed by atoms with Crippen LogP contribution in [0.1, 0.15) is 21.5 Å². The Kier molecular flexibility index (Phi) is 7.01. The highest BCUT2D eigenvalue weighted by atomic mass is 16.6. The van der Waals surface area contributed by atoms with Crippen LogP contribution in [0.2, 0.25) is 0 Å². The van der Waals surface area contributed by atoms with Gasteiger partial charge in [-0.25, -0.2) is 0 Å². The van der Waals surface area contributed by atoms with Gasteiger partial charge in [-0.1, -0.05) is 24.3 Å². The van der Waals surface area contributed by atoms with E-state index in [1.807, 2.05) is 0 Å². The van der Waals surface area contributed by atoms with Crippen molar-refractivity contribution < 1.29 is 23.9 Å². The van der Waals surface area contributed by atoms with E-state index in [0.29, 0.717) is 22.8 Å². The Morgan fingerprint density at radius 2 is 1.65 bits per heavy atom. The SMILES string of the molecule is COc1cc(/C=C/C(=O)c2ccccc2OC)ccc1OCc1ccc([N+](=O)[O-])cc1. The lowest BCUT2D eigenvalue weighted by Gasteiger charge is -2.11. The maximum Gasteiger partial charge on any atom is 0.269 e. The minimum absolute atomic E-state index is 0.0279. The van der Waals surface area contributed by atoms with Crippen molar-refractivity contribution in [2.45, 2.75) is 6.61 Å². The van der Waals surface area contributed by atoms with Crippen molar-refractivity contribution in [3.05, 3.63) is 99.6 Å². The van der Waals surface area contributed by atoms with E-state index in [9.17, 15) is 14.9 Å². The standard InChI is InChI=1S/C24H21NO6/c1-29-22-6-4-3-5-20(22)21(26)13-9-17-10-14-23(24(15-17)30-2)31-16-18-7-11-19(12-8-18)25(27)28/h3-15H,16H2,1-2H3/b13-9+. The smallest absolute Gasteiger partial charge is 0.269 e.